The van der Waals surface area contributed by atoms with Gasteiger partial charge in [-0.1, -0.05) is 12.1 Å². The highest BCUT2D eigenvalue weighted by atomic mass is 16.5. The fourth-order valence-corrected chi connectivity index (χ4v) is 2.90. The third kappa shape index (κ3) is 4.40. The molecule has 0 spiro atoms. The van der Waals surface area contributed by atoms with Gasteiger partial charge in [-0.05, 0) is 55.5 Å². The highest BCUT2D eigenvalue weighted by molar-refractivity contribution is 5.99. The Hall–Kier alpha value is -3.54. The lowest BCUT2D eigenvalue weighted by Crippen LogP contribution is -2.37. The first-order chi connectivity index (χ1) is 13.6. The fraction of sp³-hybridized carbons (Fsp3) is 0.182. The van der Waals surface area contributed by atoms with Crippen molar-refractivity contribution in [2.75, 3.05) is 25.5 Å². The van der Waals surface area contributed by atoms with Crippen LogP contribution in [0.2, 0.25) is 0 Å². The Bertz CT molecular complexity index is 934. The molecular weight excluding hydrogens is 354 g/mol. The topological polar surface area (TPSA) is 63.6 Å². The minimum absolute atomic E-state index is 0.0350. The highest BCUT2D eigenvalue weighted by Crippen LogP contribution is 2.23. The molecule has 1 heterocycles. The second-order valence-electron chi connectivity index (χ2n) is 6.20. The number of amides is 2. The van der Waals surface area contributed by atoms with Crippen molar-refractivity contribution >= 4 is 17.5 Å². The van der Waals surface area contributed by atoms with Gasteiger partial charge in [-0.2, -0.15) is 0 Å². The average molecular weight is 377 g/mol. The van der Waals surface area contributed by atoms with Crippen LogP contribution in [0.1, 0.15) is 17.3 Å². The quantitative estimate of drug-likeness (QED) is 0.684. The van der Waals surface area contributed by atoms with E-state index in [0.717, 1.165) is 5.69 Å². The van der Waals surface area contributed by atoms with Gasteiger partial charge in [0.25, 0.3) is 5.91 Å². The van der Waals surface area contributed by atoms with Gasteiger partial charge < -0.3 is 19.5 Å². The van der Waals surface area contributed by atoms with Gasteiger partial charge >= 0.3 is 0 Å². The SMILES string of the molecule is CCN(CC(=O)Nc1ccccc1OC)C(=O)c1ccc(-n2cccc2)cc1. The summed E-state index contributed by atoms with van der Waals surface area (Å²) in [4.78, 5) is 26.7. The van der Waals surface area contributed by atoms with E-state index in [1.165, 1.54) is 4.90 Å². The molecule has 1 aromatic heterocycles. The first-order valence-corrected chi connectivity index (χ1v) is 9.08. The maximum Gasteiger partial charge on any atom is 0.254 e. The normalized spacial score (nSPS) is 10.4. The summed E-state index contributed by atoms with van der Waals surface area (Å²) < 4.78 is 7.20. The zero-order chi connectivity index (χ0) is 19.9. The summed E-state index contributed by atoms with van der Waals surface area (Å²) in [5, 5.41) is 2.80. The molecule has 6 heteroatoms. The lowest BCUT2D eigenvalue weighted by molar-refractivity contribution is -0.116. The molecule has 0 aliphatic carbocycles. The van der Waals surface area contributed by atoms with E-state index in [9.17, 15) is 9.59 Å². The van der Waals surface area contributed by atoms with Gasteiger partial charge in [-0.15, -0.1) is 0 Å². The van der Waals surface area contributed by atoms with Gasteiger partial charge in [0.05, 0.1) is 12.8 Å². The maximum absolute atomic E-state index is 12.8. The molecule has 6 nitrogen and oxygen atoms in total. The van der Waals surface area contributed by atoms with Crippen LogP contribution in [0.25, 0.3) is 5.69 Å². The molecule has 0 saturated carbocycles. The summed E-state index contributed by atoms with van der Waals surface area (Å²) in [6.45, 7) is 2.24. The van der Waals surface area contributed by atoms with Crippen molar-refractivity contribution in [2.24, 2.45) is 0 Å². The summed E-state index contributed by atoms with van der Waals surface area (Å²) >= 11 is 0. The van der Waals surface area contributed by atoms with E-state index in [1.807, 2.05) is 60.3 Å². The number of carbonyl (C=O) groups is 2. The fourth-order valence-electron chi connectivity index (χ4n) is 2.90. The van der Waals surface area contributed by atoms with Crippen LogP contribution in [-0.4, -0.2) is 41.5 Å². The number of anilines is 1. The number of methoxy groups -OCH3 is 1. The van der Waals surface area contributed by atoms with E-state index in [-0.39, 0.29) is 18.4 Å². The molecule has 0 radical (unpaired) electrons. The number of carbonyl (C=O) groups excluding carboxylic acids is 2. The molecule has 2 amide bonds. The zero-order valence-electron chi connectivity index (χ0n) is 16.0. The maximum atomic E-state index is 12.8. The van der Waals surface area contributed by atoms with Gasteiger partial charge in [0.15, 0.2) is 0 Å². The van der Waals surface area contributed by atoms with Crippen molar-refractivity contribution in [1.82, 2.24) is 9.47 Å². The van der Waals surface area contributed by atoms with Gasteiger partial charge in [-0.3, -0.25) is 9.59 Å². The van der Waals surface area contributed by atoms with Crippen molar-refractivity contribution in [3.05, 3.63) is 78.6 Å². The molecule has 0 saturated heterocycles. The number of rotatable bonds is 7. The number of aromatic nitrogens is 1. The first-order valence-electron chi connectivity index (χ1n) is 9.08. The third-order valence-electron chi connectivity index (χ3n) is 4.40. The molecule has 1 N–H and O–H groups in total. The summed E-state index contributed by atoms with van der Waals surface area (Å²) in [5.74, 6) is 0.117. The zero-order valence-corrected chi connectivity index (χ0v) is 16.0. The lowest BCUT2D eigenvalue weighted by Gasteiger charge is -2.21. The second kappa shape index (κ2) is 8.90. The molecule has 3 rings (SSSR count). The van der Waals surface area contributed by atoms with Crippen molar-refractivity contribution < 1.29 is 14.3 Å². The molecule has 28 heavy (non-hydrogen) atoms. The van der Waals surface area contributed by atoms with Crippen LogP contribution in [0.3, 0.4) is 0 Å². The highest BCUT2D eigenvalue weighted by Gasteiger charge is 2.18. The molecular formula is C22H23N3O3. The summed E-state index contributed by atoms with van der Waals surface area (Å²) in [6, 6.07) is 18.4. The molecule has 0 bridgehead atoms. The van der Waals surface area contributed by atoms with E-state index in [0.29, 0.717) is 23.5 Å². The predicted octanol–water partition coefficient (Wildman–Crippen LogP) is 3.59. The summed E-state index contributed by atoms with van der Waals surface area (Å²) in [5.41, 5.74) is 2.09. The van der Waals surface area contributed by atoms with Crippen LogP contribution in [0.4, 0.5) is 5.69 Å². The summed E-state index contributed by atoms with van der Waals surface area (Å²) in [7, 11) is 1.55. The van der Waals surface area contributed by atoms with Crippen LogP contribution in [-0.2, 0) is 4.79 Å². The van der Waals surface area contributed by atoms with Crippen molar-refractivity contribution in [3.63, 3.8) is 0 Å². The third-order valence-corrected chi connectivity index (χ3v) is 4.40. The average Bonchev–Trinajstić information content (AvgIpc) is 3.27. The number of hydrogen-bond acceptors (Lipinski definition) is 3. The van der Waals surface area contributed by atoms with E-state index in [2.05, 4.69) is 5.32 Å². The molecule has 0 aliphatic rings. The van der Waals surface area contributed by atoms with E-state index in [4.69, 9.17) is 4.74 Å². The van der Waals surface area contributed by atoms with Gasteiger partial charge in [-0.25, -0.2) is 0 Å². The van der Waals surface area contributed by atoms with Crippen LogP contribution < -0.4 is 10.1 Å². The Morgan fingerprint density at radius 2 is 1.68 bits per heavy atom. The summed E-state index contributed by atoms with van der Waals surface area (Å²) in [6.07, 6.45) is 3.88. The number of benzene rings is 2. The number of hydrogen-bond donors (Lipinski definition) is 1. The monoisotopic (exact) mass is 377 g/mol. The van der Waals surface area contributed by atoms with Crippen molar-refractivity contribution in [3.8, 4) is 11.4 Å². The smallest absolute Gasteiger partial charge is 0.254 e. The van der Waals surface area contributed by atoms with Crippen LogP contribution >= 0.6 is 0 Å². The molecule has 3 aromatic rings. The predicted molar refractivity (Wildman–Crippen MR) is 109 cm³/mol. The van der Waals surface area contributed by atoms with E-state index >= 15 is 0 Å². The Labute approximate surface area is 164 Å². The number of ether oxygens (including phenoxy) is 1. The lowest BCUT2D eigenvalue weighted by atomic mass is 10.1. The Balaban J connectivity index is 1.67. The van der Waals surface area contributed by atoms with E-state index in [1.54, 1.807) is 31.4 Å². The Morgan fingerprint density at radius 1 is 1.00 bits per heavy atom. The van der Waals surface area contributed by atoms with Crippen molar-refractivity contribution in [2.45, 2.75) is 6.92 Å². The molecule has 0 atom stereocenters. The standard InChI is InChI=1S/C22H23N3O3/c1-3-24(16-21(26)23-19-8-4-5-9-20(19)28-2)22(27)17-10-12-18(13-11-17)25-14-6-7-15-25/h4-15H,3,16H2,1-2H3,(H,23,26). The molecule has 144 valence electrons. The Kier molecular flexibility index (Phi) is 6.11. The van der Waals surface area contributed by atoms with Crippen LogP contribution in [0.5, 0.6) is 5.75 Å². The number of nitrogens with zero attached hydrogens (tertiary/aromatic N) is 2. The Morgan fingerprint density at radius 3 is 2.32 bits per heavy atom. The van der Waals surface area contributed by atoms with Crippen LogP contribution in [0, 0.1) is 0 Å². The molecule has 0 fully saturated rings. The minimum atomic E-state index is -0.274. The van der Waals surface area contributed by atoms with Gasteiger partial charge in [0.1, 0.15) is 12.3 Å². The molecule has 0 aliphatic heterocycles. The second-order valence-corrected chi connectivity index (χ2v) is 6.20. The van der Waals surface area contributed by atoms with Crippen LogP contribution in [0.15, 0.2) is 73.1 Å². The van der Waals surface area contributed by atoms with Crippen molar-refractivity contribution in [1.29, 1.82) is 0 Å². The molecule has 2 aromatic carbocycles. The number of nitrogens with one attached hydrogen (secondary N) is 1. The number of para-hydroxylation sites is 2. The van der Waals surface area contributed by atoms with E-state index < -0.39 is 0 Å². The largest absolute Gasteiger partial charge is 0.495 e. The first kappa shape index (κ1) is 19.2. The van der Waals surface area contributed by atoms with Gasteiger partial charge in [0, 0.05) is 30.2 Å². The minimum Gasteiger partial charge on any atom is -0.495 e. The molecule has 0 unspecified atom stereocenters. The van der Waals surface area contributed by atoms with Gasteiger partial charge in [0.2, 0.25) is 5.91 Å². The number of likely N-dealkylation sites (N-methyl/N-ethyl adjacent to an activating group) is 1.